The fourth-order valence-electron chi connectivity index (χ4n) is 3.99. The van der Waals surface area contributed by atoms with Gasteiger partial charge < -0.3 is 4.90 Å². The molecule has 2 aromatic carbocycles. The maximum atomic E-state index is 9.24. The number of likely N-dealkylation sites (tertiary alicyclic amines) is 1. The van der Waals surface area contributed by atoms with E-state index < -0.39 is 0 Å². The lowest BCUT2D eigenvalue weighted by molar-refractivity contribution is 0.327. The average molecular weight is 456 g/mol. The summed E-state index contributed by atoms with van der Waals surface area (Å²) in [5.41, 5.74) is 3.99. The van der Waals surface area contributed by atoms with Crippen LogP contribution in [0.2, 0.25) is 10.0 Å². The van der Waals surface area contributed by atoms with Gasteiger partial charge in [0.15, 0.2) is 0 Å². The summed E-state index contributed by atoms with van der Waals surface area (Å²) in [5.74, 6) is 0. The van der Waals surface area contributed by atoms with Gasteiger partial charge in [0, 0.05) is 47.8 Å². The second-order valence-corrected chi connectivity index (χ2v) is 9.51. The standard InChI is InChI=1S/C24H23Cl2N3S/c1-17-9-11-30-24(17)16-28-10-8-21(15-28)29(14-19-4-2-3-5-22(19)25)20-7-6-18(13-27)23(26)12-20/h2-7,9,11-12,21H,8,10,14-16H2,1H3/t21-/m0/s1. The molecule has 154 valence electrons. The summed E-state index contributed by atoms with van der Waals surface area (Å²) < 4.78 is 0. The number of aryl methyl sites for hydroxylation is 1. The Bertz CT molecular complexity index is 1070. The van der Waals surface area contributed by atoms with Crippen molar-refractivity contribution >= 4 is 40.2 Å². The molecule has 1 saturated heterocycles. The highest BCUT2D eigenvalue weighted by atomic mass is 35.5. The molecule has 0 amide bonds. The molecule has 1 aliphatic rings. The van der Waals surface area contributed by atoms with Crippen molar-refractivity contribution in [1.82, 2.24) is 4.90 Å². The topological polar surface area (TPSA) is 30.3 Å². The zero-order valence-electron chi connectivity index (χ0n) is 16.8. The minimum atomic E-state index is 0.352. The number of hydrogen-bond acceptors (Lipinski definition) is 4. The molecule has 1 fully saturated rings. The van der Waals surface area contributed by atoms with Gasteiger partial charge in [0.05, 0.1) is 10.6 Å². The van der Waals surface area contributed by atoms with Crippen molar-refractivity contribution in [3.8, 4) is 6.07 Å². The van der Waals surface area contributed by atoms with E-state index >= 15 is 0 Å². The van der Waals surface area contributed by atoms with Crippen LogP contribution in [-0.2, 0) is 13.1 Å². The van der Waals surface area contributed by atoms with Crippen LogP contribution in [0.3, 0.4) is 0 Å². The molecular weight excluding hydrogens is 433 g/mol. The van der Waals surface area contributed by atoms with Crippen molar-refractivity contribution in [2.75, 3.05) is 18.0 Å². The highest BCUT2D eigenvalue weighted by Crippen LogP contribution is 2.31. The summed E-state index contributed by atoms with van der Waals surface area (Å²) in [7, 11) is 0. The van der Waals surface area contributed by atoms with Gasteiger partial charge in [0.2, 0.25) is 0 Å². The third-order valence-electron chi connectivity index (χ3n) is 5.73. The van der Waals surface area contributed by atoms with Gasteiger partial charge in [-0.3, -0.25) is 4.90 Å². The first-order valence-corrected chi connectivity index (χ1v) is 11.6. The van der Waals surface area contributed by atoms with Crippen LogP contribution in [0.5, 0.6) is 0 Å². The van der Waals surface area contributed by atoms with Crippen LogP contribution >= 0.6 is 34.5 Å². The Balaban J connectivity index is 1.59. The Hall–Kier alpha value is -2.03. The van der Waals surface area contributed by atoms with Crippen molar-refractivity contribution in [1.29, 1.82) is 5.26 Å². The molecule has 1 atom stereocenters. The van der Waals surface area contributed by atoms with E-state index in [9.17, 15) is 5.26 Å². The molecule has 2 heterocycles. The normalized spacial score (nSPS) is 16.5. The highest BCUT2D eigenvalue weighted by molar-refractivity contribution is 7.10. The predicted molar refractivity (Wildman–Crippen MR) is 127 cm³/mol. The molecule has 0 saturated carbocycles. The zero-order chi connectivity index (χ0) is 21.1. The molecule has 0 bridgehead atoms. The first-order valence-electron chi connectivity index (χ1n) is 10.00. The summed E-state index contributed by atoms with van der Waals surface area (Å²) in [6, 6.07) is 18.4. The molecule has 0 unspecified atom stereocenters. The van der Waals surface area contributed by atoms with Gasteiger partial charge in [-0.15, -0.1) is 11.3 Å². The number of thiophene rings is 1. The number of rotatable bonds is 6. The summed E-state index contributed by atoms with van der Waals surface area (Å²) in [5, 5.41) is 12.7. The van der Waals surface area contributed by atoms with Gasteiger partial charge >= 0.3 is 0 Å². The monoisotopic (exact) mass is 455 g/mol. The number of halogens is 2. The van der Waals surface area contributed by atoms with Crippen LogP contribution in [0.4, 0.5) is 5.69 Å². The molecule has 3 aromatic rings. The van der Waals surface area contributed by atoms with Crippen LogP contribution in [0, 0.1) is 18.3 Å². The first kappa shape index (κ1) is 21.2. The van der Waals surface area contributed by atoms with E-state index in [1.165, 1.54) is 10.4 Å². The van der Waals surface area contributed by atoms with Gasteiger partial charge in [-0.25, -0.2) is 0 Å². The number of nitrogens with zero attached hydrogens (tertiary/aromatic N) is 3. The first-order chi connectivity index (χ1) is 14.5. The Labute approximate surface area is 192 Å². The van der Waals surface area contributed by atoms with Crippen molar-refractivity contribution in [3.63, 3.8) is 0 Å². The lowest BCUT2D eigenvalue weighted by Gasteiger charge is -2.32. The second kappa shape index (κ2) is 9.41. The highest BCUT2D eigenvalue weighted by Gasteiger charge is 2.29. The van der Waals surface area contributed by atoms with Gasteiger partial charge in [-0.2, -0.15) is 5.26 Å². The minimum Gasteiger partial charge on any atom is -0.363 e. The number of benzene rings is 2. The van der Waals surface area contributed by atoms with E-state index in [1.807, 2.05) is 41.7 Å². The third kappa shape index (κ3) is 4.66. The molecule has 0 N–H and O–H groups in total. The molecule has 3 nitrogen and oxygen atoms in total. The second-order valence-electron chi connectivity index (χ2n) is 7.70. The van der Waals surface area contributed by atoms with Gasteiger partial charge in [-0.05, 0) is 60.2 Å². The Morgan fingerprint density at radius 1 is 1.17 bits per heavy atom. The van der Waals surface area contributed by atoms with Crippen LogP contribution in [0.1, 0.15) is 28.0 Å². The smallest absolute Gasteiger partial charge is 0.101 e. The maximum Gasteiger partial charge on any atom is 0.101 e. The number of hydrogen-bond donors (Lipinski definition) is 0. The Kier molecular flexibility index (Phi) is 6.65. The largest absolute Gasteiger partial charge is 0.363 e. The molecule has 1 aromatic heterocycles. The molecule has 1 aliphatic heterocycles. The van der Waals surface area contributed by atoms with Gasteiger partial charge in [-0.1, -0.05) is 41.4 Å². The molecule has 0 radical (unpaired) electrons. The van der Waals surface area contributed by atoms with Crippen molar-refractivity contribution in [3.05, 3.63) is 85.5 Å². The van der Waals surface area contributed by atoms with E-state index in [-0.39, 0.29) is 0 Å². The van der Waals surface area contributed by atoms with E-state index in [0.717, 1.165) is 42.3 Å². The Morgan fingerprint density at radius 2 is 2.00 bits per heavy atom. The Morgan fingerprint density at radius 3 is 2.70 bits per heavy atom. The molecule has 30 heavy (non-hydrogen) atoms. The number of nitriles is 1. The fraction of sp³-hybridized carbons (Fsp3) is 0.292. The fourth-order valence-corrected chi connectivity index (χ4v) is 5.35. The lowest BCUT2D eigenvalue weighted by Crippen LogP contribution is -2.37. The summed E-state index contributed by atoms with van der Waals surface area (Å²) >= 11 is 14.7. The predicted octanol–water partition coefficient (Wildman–Crippen LogP) is 6.52. The summed E-state index contributed by atoms with van der Waals surface area (Å²) in [6.07, 6.45) is 1.08. The van der Waals surface area contributed by atoms with Gasteiger partial charge in [0.1, 0.15) is 6.07 Å². The summed E-state index contributed by atoms with van der Waals surface area (Å²) in [4.78, 5) is 6.35. The molecule has 0 aliphatic carbocycles. The van der Waals surface area contributed by atoms with E-state index in [0.29, 0.717) is 23.2 Å². The van der Waals surface area contributed by atoms with Crippen molar-refractivity contribution in [2.24, 2.45) is 0 Å². The average Bonchev–Trinajstić information content (AvgIpc) is 3.37. The van der Waals surface area contributed by atoms with E-state index in [1.54, 1.807) is 6.07 Å². The molecule has 0 spiro atoms. The van der Waals surface area contributed by atoms with Crippen LogP contribution in [-0.4, -0.2) is 24.0 Å². The molecular formula is C24H23Cl2N3S. The maximum absolute atomic E-state index is 9.24. The van der Waals surface area contributed by atoms with Crippen molar-refractivity contribution in [2.45, 2.75) is 32.5 Å². The molecule has 4 rings (SSSR count). The van der Waals surface area contributed by atoms with Gasteiger partial charge in [0.25, 0.3) is 0 Å². The molecule has 6 heteroatoms. The SMILES string of the molecule is Cc1ccsc1CN1CC[C@H](N(Cc2ccccc2Cl)c2ccc(C#N)c(Cl)c2)C1. The lowest BCUT2D eigenvalue weighted by atomic mass is 10.1. The van der Waals surface area contributed by atoms with Crippen molar-refractivity contribution < 1.29 is 0 Å². The quantitative estimate of drug-likeness (QED) is 0.423. The van der Waals surface area contributed by atoms with Crippen LogP contribution in [0.15, 0.2) is 53.9 Å². The van der Waals surface area contributed by atoms with Crippen LogP contribution in [0.25, 0.3) is 0 Å². The summed E-state index contributed by atoms with van der Waals surface area (Å²) in [6.45, 7) is 5.93. The van der Waals surface area contributed by atoms with E-state index in [4.69, 9.17) is 23.2 Å². The van der Waals surface area contributed by atoms with Crippen LogP contribution < -0.4 is 4.90 Å². The minimum absolute atomic E-state index is 0.352. The van der Waals surface area contributed by atoms with E-state index in [2.05, 4.69) is 40.3 Å². The number of anilines is 1. The zero-order valence-corrected chi connectivity index (χ0v) is 19.1. The third-order valence-corrected chi connectivity index (χ3v) is 7.42.